The van der Waals surface area contributed by atoms with Crippen LogP contribution in [0.1, 0.15) is 51.9 Å². The summed E-state index contributed by atoms with van der Waals surface area (Å²) in [6.07, 6.45) is 9.89. The standard InChI is InChI=1S/C18H34N4/c1-15-7-5-6-11-21(15)12-10-20-18(19-2)22-13-16-8-3-4-9-17(16)14-22/h15-17H,3-14H2,1-2H3,(H,19,20). The highest BCUT2D eigenvalue weighted by molar-refractivity contribution is 5.80. The number of hydrogen-bond donors (Lipinski definition) is 1. The molecule has 2 heterocycles. The molecule has 3 atom stereocenters. The first-order chi connectivity index (χ1) is 10.8. The Labute approximate surface area is 136 Å². The van der Waals surface area contributed by atoms with Crippen LogP contribution in [0.15, 0.2) is 4.99 Å². The number of piperidine rings is 1. The van der Waals surface area contributed by atoms with E-state index in [4.69, 9.17) is 0 Å². The van der Waals surface area contributed by atoms with Gasteiger partial charge in [0.05, 0.1) is 0 Å². The number of likely N-dealkylation sites (tertiary alicyclic amines) is 2. The predicted molar refractivity (Wildman–Crippen MR) is 93.3 cm³/mol. The number of hydrogen-bond acceptors (Lipinski definition) is 2. The molecule has 1 saturated carbocycles. The van der Waals surface area contributed by atoms with Crippen LogP contribution in [-0.2, 0) is 0 Å². The number of guanidine groups is 1. The van der Waals surface area contributed by atoms with Crippen LogP contribution in [0.25, 0.3) is 0 Å². The maximum absolute atomic E-state index is 4.54. The number of fused-ring (bicyclic) bond motifs is 1. The molecule has 4 nitrogen and oxygen atoms in total. The third kappa shape index (κ3) is 3.76. The average Bonchev–Trinajstić information content (AvgIpc) is 2.97. The third-order valence-electron chi connectivity index (χ3n) is 6.11. The summed E-state index contributed by atoms with van der Waals surface area (Å²) < 4.78 is 0. The highest BCUT2D eigenvalue weighted by atomic mass is 15.3. The van der Waals surface area contributed by atoms with Gasteiger partial charge in [0.25, 0.3) is 0 Å². The Morgan fingerprint density at radius 1 is 1.05 bits per heavy atom. The normalized spacial score (nSPS) is 33.8. The van der Waals surface area contributed by atoms with Crippen molar-refractivity contribution in [2.24, 2.45) is 16.8 Å². The minimum absolute atomic E-state index is 0.757. The molecule has 2 saturated heterocycles. The van der Waals surface area contributed by atoms with E-state index < -0.39 is 0 Å². The minimum atomic E-state index is 0.757. The van der Waals surface area contributed by atoms with Crippen molar-refractivity contribution < 1.29 is 0 Å². The Kier molecular flexibility index (Phi) is 5.61. The van der Waals surface area contributed by atoms with Crippen LogP contribution in [0.4, 0.5) is 0 Å². The maximum atomic E-state index is 4.54. The number of rotatable bonds is 3. The lowest BCUT2D eigenvalue weighted by molar-refractivity contribution is 0.163. The largest absolute Gasteiger partial charge is 0.355 e. The van der Waals surface area contributed by atoms with Gasteiger partial charge in [0.2, 0.25) is 0 Å². The van der Waals surface area contributed by atoms with Crippen LogP contribution < -0.4 is 5.32 Å². The molecule has 3 unspecified atom stereocenters. The van der Waals surface area contributed by atoms with Crippen molar-refractivity contribution in [3.05, 3.63) is 0 Å². The van der Waals surface area contributed by atoms with Crippen LogP contribution in [0.3, 0.4) is 0 Å². The molecule has 3 rings (SSSR count). The summed E-state index contributed by atoms with van der Waals surface area (Å²) in [6, 6.07) is 0.757. The Bertz CT molecular complexity index is 367. The van der Waals surface area contributed by atoms with Crippen molar-refractivity contribution in [3.63, 3.8) is 0 Å². The molecular formula is C18H34N4. The SMILES string of the molecule is CN=C(NCCN1CCCCC1C)N1CC2CCCCC2C1. The molecule has 2 aliphatic heterocycles. The summed E-state index contributed by atoms with van der Waals surface area (Å²) in [6.45, 7) is 8.28. The second kappa shape index (κ2) is 7.67. The fourth-order valence-electron chi connectivity index (χ4n) is 4.71. The van der Waals surface area contributed by atoms with E-state index in [1.165, 1.54) is 64.6 Å². The van der Waals surface area contributed by atoms with Gasteiger partial charge in [-0.2, -0.15) is 0 Å². The summed E-state index contributed by atoms with van der Waals surface area (Å²) in [5, 5.41) is 3.62. The quantitative estimate of drug-likeness (QED) is 0.642. The Morgan fingerprint density at radius 3 is 2.36 bits per heavy atom. The zero-order valence-corrected chi connectivity index (χ0v) is 14.6. The second-order valence-corrected chi connectivity index (χ2v) is 7.56. The van der Waals surface area contributed by atoms with Gasteiger partial charge in [-0.25, -0.2) is 0 Å². The van der Waals surface area contributed by atoms with E-state index in [2.05, 4.69) is 27.0 Å². The number of nitrogens with one attached hydrogen (secondary N) is 1. The lowest BCUT2D eigenvalue weighted by atomic mass is 9.82. The van der Waals surface area contributed by atoms with Gasteiger partial charge >= 0.3 is 0 Å². The van der Waals surface area contributed by atoms with Gasteiger partial charge in [-0.05, 0) is 51.0 Å². The van der Waals surface area contributed by atoms with Crippen molar-refractivity contribution >= 4 is 5.96 Å². The van der Waals surface area contributed by atoms with E-state index in [1.54, 1.807) is 0 Å². The molecule has 0 radical (unpaired) electrons. The van der Waals surface area contributed by atoms with Gasteiger partial charge in [-0.3, -0.25) is 9.89 Å². The van der Waals surface area contributed by atoms with E-state index in [1.807, 2.05) is 7.05 Å². The summed E-state index contributed by atoms with van der Waals surface area (Å²) in [4.78, 5) is 9.69. The van der Waals surface area contributed by atoms with Crippen LogP contribution >= 0.6 is 0 Å². The smallest absolute Gasteiger partial charge is 0.193 e. The lowest BCUT2D eigenvalue weighted by Crippen LogP contribution is -2.46. The molecule has 4 heteroatoms. The van der Waals surface area contributed by atoms with Crippen LogP contribution in [-0.4, -0.2) is 61.6 Å². The number of aliphatic imine (C=N–C) groups is 1. The highest BCUT2D eigenvalue weighted by Crippen LogP contribution is 2.35. The highest BCUT2D eigenvalue weighted by Gasteiger charge is 2.35. The van der Waals surface area contributed by atoms with Gasteiger partial charge in [0, 0.05) is 39.3 Å². The van der Waals surface area contributed by atoms with Gasteiger partial charge in [0.15, 0.2) is 5.96 Å². The van der Waals surface area contributed by atoms with Crippen LogP contribution in [0.5, 0.6) is 0 Å². The first-order valence-corrected chi connectivity index (χ1v) is 9.47. The maximum Gasteiger partial charge on any atom is 0.193 e. The topological polar surface area (TPSA) is 30.9 Å². The molecule has 3 fully saturated rings. The molecule has 3 aliphatic rings. The fourth-order valence-corrected chi connectivity index (χ4v) is 4.71. The van der Waals surface area contributed by atoms with E-state index in [-0.39, 0.29) is 0 Å². The molecule has 0 amide bonds. The van der Waals surface area contributed by atoms with Crippen LogP contribution in [0, 0.1) is 11.8 Å². The summed E-state index contributed by atoms with van der Waals surface area (Å²) >= 11 is 0. The van der Waals surface area contributed by atoms with Crippen LogP contribution in [0.2, 0.25) is 0 Å². The van der Waals surface area contributed by atoms with Gasteiger partial charge in [-0.1, -0.05) is 19.3 Å². The fraction of sp³-hybridized carbons (Fsp3) is 0.944. The molecule has 0 aromatic carbocycles. The molecule has 0 bridgehead atoms. The van der Waals surface area contributed by atoms with Crippen molar-refractivity contribution in [1.82, 2.24) is 15.1 Å². The summed E-state index contributed by atoms with van der Waals surface area (Å²) in [5.41, 5.74) is 0. The molecule has 0 spiro atoms. The molecule has 22 heavy (non-hydrogen) atoms. The van der Waals surface area contributed by atoms with Gasteiger partial charge < -0.3 is 10.2 Å². The van der Waals surface area contributed by atoms with E-state index in [9.17, 15) is 0 Å². The van der Waals surface area contributed by atoms with Crippen molar-refractivity contribution in [2.45, 2.75) is 57.9 Å². The van der Waals surface area contributed by atoms with E-state index in [0.29, 0.717) is 0 Å². The summed E-state index contributed by atoms with van der Waals surface area (Å²) in [5.74, 6) is 2.99. The first kappa shape index (κ1) is 16.1. The molecular weight excluding hydrogens is 272 g/mol. The van der Waals surface area contributed by atoms with Gasteiger partial charge in [0.1, 0.15) is 0 Å². The monoisotopic (exact) mass is 306 g/mol. The van der Waals surface area contributed by atoms with Crippen molar-refractivity contribution in [3.8, 4) is 0 Å². The average molecular weight is 306 g/mol. The molecule has 126 valence electrons. The predicted octanol–water partition coefficient (Wildman–Crippen LogP) is 2.56. The molecule has 0 aromatic rings. The summed E-state index contributed by atoms with van der Waals surface area (Å²) in [7, 11) is 1.94. The molecule has 0 aromatic heterocycles. The first-order valence-electron chi connectivity index (χ1n) is 9.47. The van der Waals surface area contributed by atoms with Gasteiger partial charge in [-0.15, -0.1) is 0 Å². The second-order valence-electron chi connectivity index (χ2n) is 7.56. The Morgan fingerprint density at radius 2 is 1.73 bits per heavy atom. The number of nitrogens with zero attached hydrogens (tertiary/aromatic N) is 3. The third-order valence-corrected chi connectivity index (χ3v) is 6.11. The Hall–Kier alpha value is -0.770. The molecule has 1 aliphatic carbocycles. The molecule has 1 N–H and O–H groups in total. The lowest BCUT2D eigenvalue weighted by Gasteiger charge is -2.33. The van der Waals surface area contributed by atoms with E-state index in [0.717, 1.165) is 36.9 Å². The van der Waals surface area contributed by atoms with Crippen molar-refractivity contribution in [2.75, 3.05) is 39.8 Å². The zero-order valence-electron chi connectivity index (χ0n) is 14.6. The Balaban J connectivity index is 1.44. The zero-order chi connectivity index (χ0) is 15.4. The minimum Gasteiger partial charge on any atom is -0.355 e. The van der Waals surface area contributed by atoms with Crippen molar-refractivity contribution in [1.29, 1.82) is 0 Å². The van der Waals surface area contributed by atoms with E-state index >= 15 is 0 Å².